The van der Waals surface area contributed by atoms with Crippen LogP contribution in [-0.4, -0.2) is 6.04 Å². The number of hydrogen-bond donors (Lipinski definition) is 1. The number of benzene rings is 1. The number of nitrogens with two attached hydrogens (primary N) is 1. The summed E-state index contributed by atoms with van der Waals surface area (Å²) in [5.41, 5.74) is 7.64. The highest BCUT2D eigenvalue weighted by atomic mass is 79.9. The summed E-state index contributed by atoms with van der Waals surface area (Å²) >= 11 is 3.47. The van der Waals surface area contributed by atoms with Crippen molar-refractivity contribution in [1.82, 2.24) is 0 Å². The Morgan fingerprint density at radius 1 is 1.38 bits per heavy atom. The molecule has 1 nitrogen and oxygen atoms in total. The first-order valence-electron chi connectivity index (χ1n) is 4.54. The Morgan fingerprint density at radius 2 is 2.00 bits per heavy atom. The smallest absolute Gasteiger partial charge is 0.0178 e. The predicted molar refractivity (Wildman–Crippen MR) is 58.6 cm³/mol. The average molecular weight is 240 g/mol. The van der Waals surface area contributed by atoms with Crippen molar-refractivity contribution in [2.24, 2.45) is 11.1 Å². The van der Waals surface area contributed by atoms with Gasteiger partial charge in [-0.3, -0.25) is 0 Å². The maximum Gasteiger partial charge on any atom is 0.0178 e. The van der Waals surface area contributed by atoms with Crippen LogP contribution in [0.5, 0.6) is 0 Å². The molecule has 0 aromatic heterocycles. The van der Waals surface area contributed by atoms with Gasteiger partial charge < -0.3 is 5.73 Å². The van der Waals surface area contributed by atoms with Gasteiger partial charge in [0.15, 0.2) is 0 Å². The van der Waals surface area contributed by atoms with Gasteiger partial charge in [0, 0.05) is 16.4 Å². The molecule has 1 saturated carbocycles. The van der Waals surface area contributed by atoms with Crippen molar-refractivity contribution in [3.8, 4) is 0 Å². The molecular weight excluding hydrogens is 226 g/mol. The molecule has 13 heavy (non-hydrogen) atoms. The van der Waals surface area contributed by atoms with E-state index >= 15 is 0 Å². The molecule has 0 saturated heterocycles. The molecule has 2 N–H and O–H groups in total. The van der Waals surface area contributed by atoms with Gasteiger partial charge in [-0.2, -0.15) is 0 Å². The molecule has 1 aliphatic carbocycles. The van der Waals surface area contributed by atoms with Gasteiger partial charge in [0.05, 0.1) is 0 Å². The summed E-state index contributed by atoms with van der Waals surface area (Å²) < 4.78 is 1.14. The molecule has 0 spiro atoms. The van der Waals surface area contributed by atoms with E-state index in [0.717, 1.165) is 4.47 Å². The number of rotatable bonds is 1. The fraction of sp³-hybridized carbons (Fsp3) is 0.455. The molecule has 1 aliphatic rings. The summed E-state index contributed by atoms with van der Waals surface area (Å²) in [4.78, 5) is 0. The zero-order valence-electron chi connectivity index (χ0n) is 7.92. The molecule has 0 heterocycles. The van der Waals surface area contributed by atoms with Crippen LogP contribution in [-0.2, 0) is 0 Å². The highest BCUT2D eigenvalue weighted by molar-refractivity contribution is 9.10. The zero-order valence-corrected chi connectivity index (χ0v) is 9.51. The Balaban J connectivity index is 2.29. The molecule has 2 heteroatoms. The predicted octanol–water partition coefficient (Wildman–Crippen LogP) is 2.90. The van der Waals surface area contributed by atoms with E-state index in [4.69, 9.17) is 5.73 Å². The first kappa shape index (κ1) is 9.22. The number of halogens is 1. The molecule has 0 aliphatic heterocycles. The summed E-state index contributed by atoms with van der Waals surface area (Å²) in [5.74, 6) is 0.532. The lowest BCUT2D eigenvalue weighted by atomic mass is 10.0. The summed E-state index contributed by atoms with van der Waals surface area (Å²) in [6, 6.07) is 8.76. The molecule has 2 rings (SSSR count). The van der Waals surface area contributed by atoms with E-state index in [0.29, 0.717) is 12.0 Å². The van der Waals surface area contributed by atoms with Crippen LogP contribution in [0.4, 0.5) is 0 Å². The second-order valence-electron chi connectivity index (χ2n) is 4.38. The monoisotopic (exact) mass is 239 g/mol. The molecule has 0 amide bonds. The Kier molecular flexibility index (Phi) is 2.00. The molecular formula is C11H14BrN. The van der Waals surface area contributed by atoms with Crippen LogP contribution in [0.15, 0.2) is 28.7 Å². The summed E-state index contributed by atoms with van der Waals surface area (Å²) in [5, 5.41) is 0. The first-order chi connectivity index (χ1) is 6.03. The maximum atomic E-state index is 6.01. The summed E-state index contributed by atoms with van der Waals surface area (Å²) in [6.45, 7) is 4.45. The van der Waals surface area contributed by atoms with Crippen molar-refractivity contribution in [2.45, 2.75) is 25.8 Å². The lowest BCUT2D eigenvalue weighted by Crippen LogP contribution is -2.06. The number of hydrogen-bond acceptors (Lipinski definition) is 1. The Hall–Kier alpha value is -0.340. The van der Waals surface area contributed by atoms with Gasteiger partial charge in [0.2, 0.25) is 0 Å². The van der Waals surface area contributed by atoms with Crippen molar-refractivity contribution in [3.05, 3.63) is 34.3 Å². The van der Waals surface area contributed by atoms with Gasteiger partial charge in [0.25, 0.3) is 0 Å². The maximum absolute atomic E-state index is 6.01. The first-order valence-corrected chi connectivity index (χ1v) is 5.34. The van der Waals surface area contributed by atoms with Crippen molar-refractivity contribution in [2.75, 3.05) is 0 Å². The van der Waals surface area contributed by atoms with Crippen LogP contribution < -0.4 is 5.73 Å². The van der Waals surface area contributed by atoms with Crippen LogP contribution in [0.25, 0.3) is 0 Å². The van der Waals surface area contributed by atoms with Gasteiger partial charge in [0.1, 0.15) is 0 Å². The van der Waals surface area contributed by atoms with E-state index in [1.165, 1.54) is 5.56 Å². The minimum atomic E-state index is 0.279. The molecule has 1 fully saturated rings. The van der Waals surface area contributed by atoms with Crippen molar-refractivity contribution >= 4 is 15.9 Å². The third kappa shape index (κ3) is 1.42. The molecule has 1 aromatic rings. The van der Waals surface area contributed by atoms with Crippen molar-refractivity contribution in [1.29, 1.82) is 0 Å². The summed E-state index contributed by atoms with van der Waals surface area (Å²) in [6.07, 6.45) is 0. The second kappa shape index (κ2) is 2.82. The van der Waals surface area contributed by atoms with Gasteiger partial charge >= 0.3 is 0 Å². The van der Waals surface area contributed by atoms with E-state index in [-0.39, 0.29) is 5.41 Å². The standard InChI is InChI=1S/C11H14BrN/c1-11(2)9(10(11)13)7-4-3-5-8(12)6-7/h3-6,9-10H,13H2,1-2H3/t9-,10-/m1/s1. The lowest BCUT2D eigenvalue weighted by molar-refractivity contribution is 0.599. The second-order valence-corrected chi connectivity index (χ2v) is 5.30. The largest absolute Gasteiger partial charge is 0.327 e. The lowest BCUT2D eigenvalue weighted by Gasteiger charge is -2.02. The molecule has 2 atom stereocenters. The zero-order chi connectivity index (χ0) is 9.64. The fourth-order valence-corrected chi connectivity index (χ4v) is 2.43. The Labute approximate surface area is 87.5 Å². The normalized spacial score (nSPS) is 30.2. The van der Waals surface area contributed by atoms with Gasteiger partial charge in [-0.05, 0) is 23.1 Å². The van der Waals surface area contributed by atoms with Crippen molar-refractivity contribution in [3.63, 3.8) is 0 Å². The minimum absolute atomic E-state index is 0.279. The van der Waals surface area contributed by atoms with Gasteiger partial charge in [-0.1, -0.05) is 41.9 Å². The Bertz CT molecular complexity index is 333. The summed E-state index contributed by atoms with van der Waals surface area (Å²) in [7, 11) is 0. The van der Waals surface area contributed by atoms with Gasteiger partial charge in [-0.15, -0.1) is 0 Å². The SMILES string of the molecule is CC1(C)[C@H](N)[C@H]1c1cccc(Br)c1. The molecule has 70 valence electrons. The molecule has 0 unspecified atom stereocenters. The molecule has 0 bridgehead atoms. The van der Waals surface area contributed by atoms with E-state index in [2.05, 4.69) is 48.0 Å². The van der Waals surface area contributed by atoms with Gasteiger partial charge in [-0.25, -0.2) is 0 Å². The van der Waals surface area contributed by atoms with Crippen LogP contribution in [0.2, 0.25) is 0 Å². The third-order valence-corrected chi connectivity index (χ3v) is 3.61. The van der Waals surface area contributed by atoms with Crippen LogP contribution in [0, 0.1) is 5.41 Å². The molecule has 0 radical (unpaired) electrons. The molecule has 1 aromatic carbocycles. The topological polar surface area (TPSA) is 26.0 Å². The van der Waals surface area contributed by atoms with Crippen molar-refractivity contribution < 1.29 is 0 Å². The van der Waals surface area contributed by atoms with Crippen LogP contribution in [0.3, 0.4) is 0 Å². The fourth-order valence-electron chi connectivity index (χ4n) is 2.01. The van der Waals surface area contributed by atoms with E-state index in [1.54, 1.807) is 0 Å². The highest BCUT2D eigenvalue weighted by Crippen LogP contribution is 2.57. The van der Waals surface area contributed by atoms with Crippen LogP contribution >= 0.6 is 15.9 Å². The van der Waals surface area contributed by atoms with E-state index in [1.807, 2.05) is 6.07 Å². The minimum Gasteiger partial charge on any atom is -0.327 e. The van der Waals surface area contributed by atoms with E-state index < -0.39 is 0 Å². The third-order valence-electron chi connectivity index (χ3n) is 3.12. The Morgan fingerprint density at radius 3 is 2.46 bits per heavy atom. The quantitative estimate of drug-likeness (QED) is 0.802. The van der Waals surface area contributed by atoms with Crippen LogP contribution in [0.1, 0.15) is 25.3 Å². The van der Waals surface area contributed by atoms with E-state index in [9.17, 15) is 0 Å². The average Bonchev–Trinajstić information content (AvgIpc) is 2.51. The highest BCUT2D eigenvalue weighted by Gasteiger charge is 2.55.